The highest BCUT2D eigenvalue weighted by Crippen LogP contribution is 2.25. The van der Waals surface area contributed by atoms with Gasteiger partial charge >= 0.3 is 0 Å². The van der Waals surface area contributed by atoms with E-state index in [9.17, 15) is 0 Å². The Labute approximate surface area is 129 Å². The molecule has 0 amide bonds. The van der Waals surface area contributed by atoms with Gasteiger partial charge < -0.3 is 0 Å². The fourth-order valence-corrected chi connectivity index (χ4v) is 3.57. The topological polar surface area (TPSA) is 17.3 Å². The standard InChI is InChI=1S/C14H12BrClN2S/c15-12-3-1-2-10(6-12)11(8-16)7-13-9-18-4-5-19-14(18)17-13/h1-6,9,11H,7-8H2. The summed E-state index contributed by atoms with van der Waals surface area (Å²) in [6.45, 7) is 0. The maximum absolute atomic E-state index is 6.13. The molecular weight excluding hydrogens is 344 g/mol. The van der Waals surface area contributed by atoms with Crippen LogP contribution in [0, 0.1) is 0 Å². The normalized spacial score (nSPS) is 12.9. The number of thiazole rings is 1. The second kappa shape index (κ2) is 5.65. The number of fused-ring (bicyclic) bond motifs is 1. The quantitative estimate of drug-likeness (QED) is 0.619. The van der Waals surface area contributed by atoms with Crippen LogP contribution in [0.1, 0.15) is 17.2 Å². The predicted molar refractivity (Wildman–Crippen MR) is 84.4 cm³/mol. The Balaban J connectivity index is 1.85. The van der Waals surface area contributed by atoms with E-state index in [1.165, 1.54) is 5.56 Å². The molecule has 1 unspecified atom stereocenters. The Morgan fingerprint density at radius 1 is 1.42 bits per heavy atom. The van der Waals surface area contributed by atoms with Gasteiger partial charge in [0.1, 0.15) is 0 Å². The molecule has 3 aromatic rings. The highest BCUT2D eigenvalue weighted by atomic mass is 79.9. The zero-order valence-corrected chi connectivity index (χ0v) is 13.3. The maximum Gasteiger partial charge on any atom is 0.193 e. The third-order valence-electron chi connectivity index (χ3n) is 3.11. The zero-order chi connectivity index (χ0) is 13.2. The van der Waals surface area contributed by atoms with Gasteiger partial charge in [0.05, 0.1) is 5.69 Å². The van der Waals surface area contributed by atoms with E-state index in [1.54, 1.807) is 11.3 Å². The van der Waals surface area contributed by atoms with Gasteiger partial charge in [-0.1, -0.05) is 28.1 Å². The molecule has 2 heterocycles. The van der Waals surface area contributed by atoms with E-state index < -0.39 is 0 Å². The van der Waals surface area contributed by atoms with Crippen molar-refractivity contribution in [3.05, 3.63) is 57.8 Å². The summed E-state index contributed by atoms with van der Waals surface area (Å²) in [5.41, 5.74) is 2.35. The molecule has 0 N–H and O–H groups in total. The van der Waals surface area contributed by atoms with Gasteiger partial charge in [-0.15, -0.1) is 22.9 Å². The fourth-order valence-electron chi connectivity index (χ4n) is 2.15. The van der Waals surface area contributed by atoms with Crippen LogP contribution in [0.3, 0.4) is 0 Å². The van der Waals surface area contributed by atoms with E-state index in [0.717, 1.165) is 21.5 Å². The van der Waals surface area contributed by atoms with E-state index >= 15 is 0 Å². The number of alkyl halides is 1. The van der Waals surface area contributed by atoms with Crippen molar-refractivity contribution >= 4 is 43.8 Å². The second-order valence-corrected chi connectivity index (χ2v) is 6.53. The van der Waals surface area contributed by atoms with Gasteiger partial charge in [0.2, 0.25) is 0 Å². The van der Waals surface area contributed by atoms with E-state index in [0.29, 0.717) is 11.8 Å². The molecule has 0 aliphatic rings. The van der Waals surface area contributed by atoms with Crippen LogP contribution in [0.2, 0.25) is 0 Å². The van der Waals surface area contributed by atoms with Crippen LogP contribution in [0.4, 0.5) is 0 Å². The summed E-state index contributed by atoms with van der Waals surface area (Å²) in [5, 5.41) is 2.04. The first-order valence-electron chi connectivity index (χ1n) is 5.99. The monoisotopic (exact) mass is 354 g/mol. The van der Waals surface area contributed by atoms with Crippen LogP contribution in [0.25, 0.3) is 4.96 Å². The van der Waals surface area contributed by atoms with Gasteiger partial charge in [-0.2, -0.15) is 0 Å². The summed E-state index contributed by atoms with van der Waals surface area (Å²) < 4.78 is 3.15. The molecule has 2 aromatic heterocycles. The second-order valence-electron chi connectivity index (χ2n) is 4.44. The first kappa shape index (κ1) is 13.2. The summed E-state index contributed by atoms with van der Waals surface area (Å²) in [4.78, 5) is 5.66. The molecule has 0 fully saturated rings. The third kappa shape index (κ3) is 2.86. The van der Waals surface area contributed by atoms with Crippen molar-refractivity contribution in [1.29, 1.82) is 0 Å². The summed E-state index contributed by atoms with van der Waals surface area (Å²) in [7, 11) is 0. The molecule has 98 valence electrons. The van der Waals surface area contributed by atoms with E-state index in [4.69, 9.17) is 11.6 Å². The number of hydrogen-bond acceptors (Lipinski definition) is 2. The number of halogens is 2. The number of imidazole rings is 1. The lowest BCUT2D eigenvalue weighted by molar-refractivity contribution is 0.751. The Morgan fingerprint density at radius 3 is 3.05 bits per heavy atom. The number of nitrogens with zero attached hydrogens (tertiary/aromatic N) is 2. The van der Waals surface area contributed by atoms with Gasteiger partial charge in [0.15, 0.2) is 4.96 Å². The van der Waals surface area contributed by atoms with Crippen LogP contribution in [-0.4, -0.2) is 15.3 Å². The minimum absolute atomic E-state index is 0.295. The molecule has 0 radical (unpaired) electrons. The Bertz CT molecular complexity index is 663. The highest BCUT2D eigenvalue weighted by Gasteiger charge is 2.14. The highest BCUT2D eigenvalue weighted by molar-refractivity contribution is 9.10. The van der Waals surface area contributed by atoms with E-state index in [-0.39, 0.29) is 0 Å². The number of aromatic nitrogens is 2. The van der Waals surface area contributed by atoms with Gasteiger partial charge in [0.25, 0.3) is 0 Å². The minimum atomic E-state index is 0.295. The first-order chi connectivity index (χ1) is 9.26. The molecule has 0 aliphatic carbocycles. The lowest BCUT2D eigenvalue weighted by Crippen LogP contribution is -2.05. The molecule has 1 aromatic carbocycles. The zero-order valence-electron chi connectivity index (χ0n) is 10.1. The Hall–Kier alpha value is -0.840. The van der Waals surface area contributed by atoms with Crippen LogP contribution in [-0.2, 0) is 6.42 Å². The van der Waals surface area contributed by atoms with E-state index in [2.05, 4.69) is 43.6 Å². The van der Waals surface area contributed by atoms with Gasteiger partial charge in [-0.3, -0.25) is 4.40 Å². The van der Waals surface area contributed by atoms with Gasteiger partial charge in [-0.25, -0.2) is 4.98 Å². The van der Waals surface area contributed by atoms with Crippen molar-refractivity contribution in [1.82, 2.24) is 9.38 Å². The summed E-state index contributed by atoms with van der Waals surface area (Å²) in [5.74, 6) is 0.894. The van der Waals surface area contributed by atoms with Crippen molar-refractivity contribution in [3.63, 3.8) is 0 Å². The van der Waals surface area contributed by atoms with Crippen molar-refractivity contribution in [2.24, 2.45) is 0 Å². The van der Waals surface area contributed by atoms with Crippen molar-refractivity contribution in [2.45, 2.75) is 12.3 Å². The largest absolute Gasteiger partial charge is 0.297 e. The first-order valence-corrected chi connectivity index (χ1v) is 8.19. The predicted octanol–water partition coefficient (Wildman–Crippen LogP) is 4.72. The van der Waals surface area contributed by atoms with Crippen molar-refractivity contribution in [2.75, 3.05) is 5.88 Å². The van der Waals surface area contributed by atoms with Crippen LogP contribution >= 0.6 is 38.9 Å². The average molecular weight is 356 g/mol. The molecule has 19 heavy (non-hydrogen) atoms. The molecular formula is C14H12BrClN2S. The average Bonchev–Trinajstić information content (AvgIpc) is 2.96. The maximum atomic E-state index is 6.13. The summed E-state index contributed by atoms with van der Waals surface area (Å²) in [6, 6.07) is 8.33. The number of rotatable bonds is 4. The fraction of sp³-hybridized carbons (Fsp3) is 0.214. The van der Waals surface area contributed by atoms with Crippen LogP contribution in [0.5, 0.6) is 0 Å². The molecule has 0 saturated carbocycles. The van der Waals surface area contributed by atoms with E-state index in [1.807, 2.05) is 23.7 Å². The molecule has 0 aliphatic heterocycles. The lowest BCUT2D eigenvalue weighted by atomic mass is 9.96. The molecule has 3 rings (SSSR count). The Kier molecular flexibility index (Phi) is 3.91. The molecule has 0 bridgehead atoms. The molecule has 5 heteroatoms. The molecule has 0 saturated heterocycles. The van der Waals surface area contributed by atoms with Gasteiger partial charge in [0, 0.05) is 34.0 Å². The summed E-state index contributed by atoms with van der Waals surface area (Å²) in [6.07, 6.45) is 4.99. The van der Waals surface area contributed by atoms with Crippen LogP contribution in [0.15, 0.2) is 46.5 Å². The Morgan fingerprint density at radius 2 is 2.32 bits per heavy atom. The van der Waals surface area contributed by atoms with Crippen molar-refractivity contribution in [3.8, 4) is 0 Å². The molecule has 0 spiro atoms. The van der Waals surface area contributed by atoms with Gasteiger partial charge in [-0.05, 0) is 24.1 Å². The SMILES string of the molecule is ClCC(Cc1cn2ccsc2n1)c1cccc(Br)c1. The minimum Gasteiger partial charge on any atom is -0.297 e. The lowest BCUT2D eigenvalue weighted by Gasteiger charge is -2.13. The third-order valence-corrected chi connectivity index (χ3v) is 4.74. The smallest absolute Gasteiger partial charge is 0.193 e. The summed E-state index contributed by atoms with van der Waals surface area (Å²) >= 11 is 11.3. The number of benzene rings is 1. The molecule has 2 nitrogen and oxygen atoms in total. The number of hydrogen-bond donors (Lipinski definition) is 0. The van der Waals surface area contributed by atoms with Crippen LogP contribution < -0.4 is 0 Å². The van der Waals surface area contributed by atoms with Crippen molar-refractivity contribution < 1.29 is 0 Å². The molecule has 1 atom stereocenters.